The minimum absolute atomic E-state index is 0.129. The second kappa shape index (κ2) is 17.3. The molecule has 4 aromatic rings. The van der Waals surface area contributed by atoms with Gasteiger partial charge in [-0.15, -0.1) is 6.58 Å². The minimum Gasteiger partial charge on any atom is -0.493 e. The van der Waals surface area contributed by atoms with Gasteiger partial charge in [-0.05, 0) is 74.7 Å². The molecule has 5 rings (SSSR count). The van der Waals surface area contributed by atoms with Crippen LogP contribution in [-0.2, 0) is 32.1 Å². The quantitative estimate of drug-likeness (QED) is 0.111. The number of esters is 2. The normalized spacial score (nSPS) is 13.9. The molecule has 13 heteroatoms. The van der Waals surface area contributed by atoms with Crippen LogP contribution in [0, 0.1) is 0 Å². The third-order valence-electron chi connectivity index (χ3n) is 8.04. The molecule has 0 bridgehead atoms. The Hall–Kier alpha value is -5.33. The van der Waals surface area contributed by atoms with Crippen LogP contribution in [-0.4, -0.2) is 50.5 Å². The second-order valence-corrected chi connectivity index (χ2v) is 12.8. The number of thiazole rings is 1. The van der Waals surface area contributed by atoms with Gasteiger partial charge in [0, 0.05) is 16.1 Å². The number of allylic oxidation sites excluding steroid dienone is 2. The van der Waals surface area contributed by atoms with Gasteiger partial charge in [0.05, 0.1) is 49.3 Å². The number of aromatic nitrogens is 1. The van der Waals surface area contributed by atoms with Gasteiger partial charge in [-0.3, -0.25) is 9.36 Å². The third kappa shape index (κ3) is 8.24. The molecule has 2 heterocycles. The van der Waals surface area contributed by atoms with Crippen LogP contribution in [0.5, 0.6) is 23.0 Å². The number of hydrogen-bond acceptors (Lipinski definition) is 11. The van der Waals surface area contributed by atoms with E-state index in [4.69, 9.17) is 40.0 Å². The highest BCUT2D eigenvalue weighted by molar-refractivity contribution is 7.07. The first kappa shape index (κ1) is 37.9. The number of ether oxygens (including phenoxy) is 6. The van der Waals surface area contributed by atoms with E-state index < -0.39 is 18.0 Å². The Labute approximate surface area is 310 Å². The molecule has 1 atom stereocenters. The molecule has 0 unspecified atom stereocenters. The summed E-state index contributed by atoms with van der Waals surface area (Å²) in [6.07, 6.45) is 3.99. The molecule has 272 valence electrons. The van der Waals surface area contributed by atoms with Gasteiger partial charge in [0.2, 0.25) is 0 Å². The SMILES string of the molecule is C=CCc1cc(/C=c2\sc3n(c2=O)[C@@H](c2ccc(OCC(=O)OC)c(OCC)c2)C(C(=O)OCC)=C(C)N=3)cc(OC)c1OCc1ccccc1Cl. The van der Waals surface area contributed by atoms with Gasteiger partial charge in [0.1, 0.15) is 6.61 Å². The molecule has 0 aliphatic carbocycles. The van der Waals surface area contributed by atoms with Gasteiger partial charge in [0.15, 0.2) is 34.4 Å². The third-order valence-corrected chi connectivity index (χ3v) is 9.39. The van der Waals surface area contributed by atoms with Crippen molar-refractivity contribution in [2.75, 3.05) is 34.0 Å². The summed E-state index contributed by atoms with van der Waals surface area (Å²) in [5, 5.41) is 0.593. The highest BCUT2D eigenvalue weighted by Gasteiger charge is 2.34. The molecule has 11 nitrogen and oxygen atoms in total. The first-order valence-corrected chi connectivity index (χ1v) is 17.7. The first-order valence-electron chi connectivity index (χ1n) is 16.5. The van der Waals surface area contributed by atoms with Gasteiger partial charge in [-0.25, -0.2) is 14.6 Å². The first-order chi connectivity index (χ1) is 25.1. The molecule has 3 aromatic carbocycles. The van der Waals surface area contributed by atoms with Crippen molar-refractivity contribution in [3.8, 4) is 23.0 Å². The summed E-state index contributed by atoms with van der Waals surface area (Å²) in [6, 6.07) is 15.3. The van der Waals surface area contributed by atoms with E-state index in [9.17, 15) is 14.4 Å². The number of rotatable bonds is 15. The standard InChI is InChI=1S/C39H39ClN2O9S/c1-7-12-26-17-24(18-31(46-5)36(26)51-21-27-13-10-11-14-28(27)40)19-32-37(44)42-35(34(38(45)49-9-3)23(4)41-39(42)52-32)25-15-16-29(30(20-25)48-8-2)50-22-33(43)47-6/h7,10-11,13-20,35H,1,8-9,12,21-22H2,2-6H3/b32-19-/t35-/m0/s1. The molecule has 0 saturated carbocycles. The van der Waals surface area contributed by atoms with Crippen LogP contribution >= 0.6 is 22.9 Å². The van der Waals surface area contributed by atoms with Crippen LogP contribution in [0.25, 0.3) is 6.08 Å². The lowest BCUT2D eigenvalue weighted by Crippen LogP contribution is -2.40. The fraction of sp³-hybridized carbons (Fsp3) is 0.282. The zero-order valence-electron chi connectivity index (χ0n) is 29.5. The number of fused-ring (bicyclic) bond motifs is 1. The molecule has 0 spiro atoms. The van der Waals surface area contributed by atoms with E-state index >= 15 is 0 Å². The van der Waals surface area contributed by atoms with E-state index in [-0.39, 0.29) is 31.0 Å². The number of nitrogens with zero attached hydrogens (tertiary/aromatic N) is 2. The monoisotopic (exact) mass is 746 g/mol. The van der Waals surface area contributed by atoms with Crippen molar-refractivity contribution in [1.82, 2.24) is 4.57 Å². The predicted octanol–water partition coefficient (Wildman–Crippen LogP) is 5.72. The summed E-state index contributed by atoms with van der Waals surface area (Å²) in [7, 11) is 2.82. The second-order valence-electron chi connectivity index (χ2n) is 11.4. The molecule has 1 aliphatic rings. The van der Waals surface area contributed by atoms with Crippen molar-refractivity contribution in [1.29, 1.82) is 0 Å². The van der Waals surface area contributed by atoms with Gasteiger partial charge >= 0.3 is 11.9 Å². The van der Waals surface area contributed by atoms with Crippen molar-refractivity contribution in [2.24, 2.45) is 4.99 Å². The number of carbonyl (C=O) groups is 2. The minimum atomic E-state index is -0.905. The summed E-state index contributed by atoms with van der Waals surface area (Å²) in [4.78, 5) is 44.7. The molecule has 0 amide bonds. The highest BCUT2D eigenvalue weighted by atomic mass is 35.5. The summed E-state index contributed by atoms with van der Waals surface area (Å²) >= 11 is 7.56. The highest BCUT2D eigenvalue weighted by Crippen LogP contribution is 2.37. The Balaban J connectivity index is 1.62. The maximum atomic E-state index is 14.4. The van der Waals surface area contributed by atoms with Gasteiger partial charge in [-0.1, -0.05) is 53.3 Å². The van der Waals surface area contributed by atoms with Crippen LogP contribution in [0.1, 0.15) is 49.1 Å². The van der Waals surface area contributed by atoms with Crippen molar-refractivity contribution in [2.45, 2.75) is 39.8 Å². The van der Waals surface area contributed by atoms with Gasteiger partial charge in [0.25, 0.3) is 5.56 Å². The number of hydrogen-bond donors (Lipinski definition) is 0. The molecule has 0 radical (unpaired) electrons. The van der Waals surface area contributed by atoms with Crippen molar-refractivity contribution < 1.29 is 38.0 Å². The average Bonchev–Trinajstić information content (AvgIpc) is 3.43. The molecule has 0 saturated heterocycles. The number of halogens is 1. The number of benzene rings is 3. The van der Waals surface area contributed by atoms with E-state index in [1.807, 2.05) is 24.3 Å². The van der Waals surface area contributed by atoms with Crippen molar-refractivity contribution in [3.05, 3.63) is 125 Å². The summed E-state index contributed by atoms with van der Waals surface area (Å²) in [5.41, 5.74) is 3.12. The molecule has 1 aromatic heterocycles. The molecule has 52 heavy (non-hydrogen) atoms. The maximum Gasteiger partial charge on any atom is 0.343 e. The predicted molar refractivity (Wildman–Crippen MR) is 198 cm³/mol. The summed E-state index contributed by atoms with van der Waals surface area (Å²) in [6.45, 7) is 9.46. The van der Waals surface area contributed by atoms with Crippen LogP contribution in [0.3, 0.4) is 0 Å². The molecule has 0 N–H and O–H groups in total. The van der Waals surface area contributed by atoms with Crippen LogP contribution in [0.15, 0.2) is 88.3 Å². The van der Waals surface area contributed by atoms with E-state index in [1.165, 1.54) is 23.0 Å². The van der Waals surface area contributed by atoms with E-state index in [0.29, 0.717) is 67.2 Å². The smallest absolute Gasteiger partial charge is 0.343 e. The van der Waals surface area contributed by atoms with Gasteiger partial charge in [-0.2, -0.15) is 0 Å². The lowest BCUT2D eigenvalue weighted by atomic mass is 9.95. The fourth-order valence-electron chi connectivity index (χ4n) is 5.69. The maximum absolute atomic E-state index is 14.4. The number of methoxy groups -OCH3 is 2. The van der Waals surface area contributed by atoms with Crippen LogP contribution in [0.2, 0.25) is 5.02 Å². The van der Waals surface area contributed by atoms with Crippen LogP contribution < -0.4 is 33.8 Å². The van der Waals surface area contributed by atoms with E-state index in [0.717, 1.165) is 11.1 Å². The van der Waals surface area contributed by atoms with E-state index in [2.05, 4.69) is 11.6 Å². The molecule has 1 aliphatic heterocycles. The number of carbonyl (C=O) groups excluding carboxylic acids is 2. The zero-order valence-corrected chi connectivity index (χ0v) is 31.1. The topological polar surface area (TPSA) is 124 Å². The van der Waals surface area contributed by atoms with Gasteiger partial charge < -0.3 is 28.4 Å². The zero-order chi connectivity index (χ0) is 37.4. The summed E-state index contributed by atoms with van der Waals surface area (Å²) in [5.74, 6) is 0.475. The Morgan fingerprint density at radius 1 is 0.981 bits per heavy atom. The Kier molecular flexibility index (Phi) is 12.6. The lowest BCUT2D eigenvalue weighted by molar-refractivity contribution is -0.143. The molecular formula is C39H39ClN2O9S. The Morgan fingerprint density at radius 3 is 2.46 bits per heavy atom. The average molecular weight is 747 g/mol. The largest absolute Gasteiger partial charge is 0.493 e. The molecular weight excluding hydrogens is 708 g/mol. The van der Waals surface area contributed by atoms with Crippen LogP contribution in [0.4, 0.5) is 0 Å². The van der Waals surface area contributed by atoms with Crippen molar-refractivity contribution in [3.63, 3.8) is 0 Å². The van der Waals surface area contributed by atoms with Crippen molar-refractivity contribution >= 4 is 41.0 Å². The Bertz CT molecular complexity index is 2210. The molecule has 0 fully saturated rings. The lowest BCUT2D eigenvalue weighted by Gasteiger charge is -2.25. The Morgan fingerprint density at radius 2 is 1.77 bits per heavy atom. The summed E-state index contributed by atoms with van der Waals surface area (Å²) < 4.78 is 35.5. The van der Waals surface area contributed by atoms with E-state index in [1.54, 1.807) is 70.4 Å². The fourth-order valence-corrected chi connectivity index (χ4v) is 6.93.